The van der Waals surface area contributed by atoms with E-state index >= 15 is 0 Å². The van der Waals surface area contributed by atoms with Crippen molar-refractivity contribution in [3.63, 3.8) is 0 Å². The van der Waals surface area contributed by atoms with Gasteiger partial charge in [-0.1, -0.05) is 40.0 Å². The van der Waals surface area contributed by atoms with Crippen LogP contribution in [0.25, 0.3) is 0 Å². The van der Waals surface area contributed by atoms with Crippen molar-refractivity contribution in [2.24, 2.45) is 0 Å². The minimum Gasteiger partial charge on any atom is -0.382 e. The molecule has 0 radical (unpaired) electrons. The summed E-state index contributed by atoms with van der Waals surface area (Å²) in [6.45, 7) is 6.56. The number of aromatic amines is 1. The van der Waals surface area contributed by atoms with Crippen molar-refractivity contribution in [2.45, 2.75) is 58.8 Å². The number of nitrogens with zero attached hydrogens (tertiary/aromatic N) is 1. The van der Waals surface area contributed by atoms with Crippen molar-refractivity contribution in [1.82, 2.24) is 10.2 Å². The van der Waals surface area contributed by atoms with Gasteiger partial charge in [0.25, 0.3) is 0 Å². The van der Waals surface area contributed by atoms with E-state index in [4.69, 9.17) is 5.73 Å². The first kappa shape index (κ1) is 12.1. The second-order valence-electron chi connectivity index (χ2n) is 4.47. The molecule has 0 atom stereocenters. The molecule has 15 heavy (non-hydrogen) atoms. The van der Waals surface area contributed by atoms with Gasteiger partial charge in [-0.2, -0.15) is 5.10 Å². The monoisotopic (exact) mass is 209 g/mol. The fourth-order valence-electron chi connectivity index (χ4n) is 1.97. The Hall–Kier alpha value is -0.990. The first-order valence-electron chi connectivity index (χ1n) is 5.99. The quantitative estimate of drug-likeness (QED) is 0.707. The minimum atomic E-state index is 0.463. The molecule has 0 saturated heterocycles. The number of aromatic nitrogens is 2. The van der Waals surface area contributed by atoms with Crippen LogP contribution < -0.4 is 5.73 Å². The highest BCUT2D eigenvalue weighted by Crippen LogP contribution is 2.24. The molecule has 1 heterocycles. The second-order valence-corrected chi connectivity index (χ2v) is 4.47. The van der Waals surface area contributed by atoms with Gasteiger partial charge in [-0.05, 0) is 18.8 Å². The van der Waals surface area contributed by atoms with E-state index in [0.29, 0.717) is 11.7 Å². The summed E-state index contributed by atoms with van der Waals surface area (Å²) in [7, 11) is 0. The summed E-state index contributed by atoms with van der Waals surface area (Å²) < 4.78 is 0. The summed E-state index contributed by atoms with van der Waals surface area (Å²) in [5, 5.41) is 7.15. The van der Waals surface area contributed by atoms with E-state index < -0.39 is 0 Å². The van der Waals surface area contributed by atoms with Crippen molar-refractivity contribution in [3.8, 4) is 0 Å². The van der Waals surface area contributed by atoms with Crippen molar-refractivity contribution in [2.75, 3.05) is 5.73 Å². The normalized spacial score (nSPS) is 11.2. The van der Waals surface area contributed by atoms with E-state index in [1.807, 2.05) is 0 Å². The van der Waals surface area contributed by atoms with Gasteiger partial charge < -0.3 is 5.73 Å². The summed E-state index contributed by atoms with van der Waals surface area (Å²) in [4.78, 5) is 0. The molecule has 86 valence electrons. The first-order valence-corrected chi connectivity index (χ1v) is 5.99. The lowest BCUT2D eigenvalue weighted by Gasteiger charge is -2.06. The number of nitrogen functional groups attached to an aromatic ring is 1. The van der Waals surface area contributed by atoms with E-state index in [1.165, 1.54) is 36.9 Å². The maximum absolute atomic E-state index is 5.83. The summed E-state index contributed by atoms with van der Waals surface area (Å²) in [5.74, 6) is 1.14. The Morgan fingerprint density at radius 2 is 2.00 bits per heavy atom. The van der Waals surface area contributed by atoms with Crippen LogP contribution in [0, 0.1) is 0 Å². The van der Waals surface area contributed by atoms with Gasteiger partial charge in [0, 0.05) is 11.3 Å². The van der Waals surface area contributed by atoms with E-state index in [0.717, 1.165) is 6.42 Å². The highest BCUT2D eigenvalue weighted by atomic mass is 15.2. The topological polar surface area (TPSA) is 54.7 Å². The second kappa shape index (κ2) is 5.79. The van der Waals surface area contributed by atoms with Crippen LogP contribution in [0.1, 0.15) is 63.6 Å². The highest BCUT2D eigenvalue weighted by Gasteiger charge is 2.13. The van der Waals surface area contributed by atoms with Crippen LogP contribution in [0.4, 0.5) is 5.82 Å². The van der Waals surface area contributed by atoms with Crippen LogP contribution in [-0.4, -0.2) is 10.2 Å². The zero-order valence-corrected chi connectivity index (χ0v) is 10.1. The third-order valence-electron chi connectivity index (χ3n) is 2.77. The molecule has 3 nitrogen and oxygen atoms in total. The summed E-state index contributed by atoms with van der Waals surface area (Å²) in [6, 6.07) is 0. The lowest BCUT2D eigenvalue weighted by atomic mass is 9.99. The molecule has 0 aliphatic heterocycles. The zero-order chi connectivity index (χ0) is 11.3. The number of H-pyrrole nitrogens is 1. The molecule has 1 aromatic heterocycles. The molecular weight excluding hydrogens is 186 g/mol. The van der Waals surface area contributed by atoms with Gasteiger partial charge in [-0.3, -0.25) is 5.10 Å². The predicted octanol–water partition coefficient (Wildman–Crippen LogP) is 3.24. The summed E-state index contributed by atoms with van der Waals surface area (Å²) in [6.07, 6.45) is 6.21. The Morgan fingerprint density at radius 1 is 1.27 bits per heavy atom. The molecule has 0 unspecified atom stereocenters. The van der Waals surface area contributed by atoms with Gasteiger partial charge in [0.2, 0.25) is 0 Å². The van der Waals surface area contributed by atoms with Crippen LogP contribution >= 0.6 is 0 Å². The third-order valence-corrected chi connectivity index (χ3v) is 2.77. The number of anilines is 1. The molecule has 0 amide bonds. The minimum absolute atomic E-state index is 0.463. The van der Waals surface area contributed by atoms with Crippen molar-refractivity contribution in [3.05, 3.63) is 11.3 Å². The molecule has 0 saturated carbocycles. The van der Waals surface area contributed by atoms with Gasteiger partial charge in [0.05, 0.1) is 0 Å². The Bertz CT molecular complexity index is 289. The van der Waals surface area contributed by atoms with Crippen LogP contribution in [0.15, 0.2) is 0 Å². The molecule has 0 aromatic carbocycles. The van der Waals surface area contributed by atoms with Gasteiger partial charge in [-0.25, -0.2) is 0 Å². The van der Waals surface area contributed by atoms with Gasteiger partial charge in [0.15, 0.2) is 0 Å². The molecular formula is C12H23N3. The fourth-order valence-corrected chi connectivity index (χ4v) is 1.97. The number of hydrogen-bond donors (Lipinski definition) is 2. The van der Waals surface area contributed by atoms with E-state index in [2.05, 4.69) is 31.0 Å². The number of rotatable bonds is 6. The standard InChI is InChI=1S/C12H23N3/c1-4-5-6-7-8-10-11(9(2)3)12(13)15-14-10/h9H,4-8H2,1-3H3,(H3,13,14,15). The Morgan fingerprint density at radius 3 is 2.60 bits per heavy atom. The van der Waals surface area contributed by atoms with Crippen molar-refractivity contribution < 1.29 is 0 Å². The van der Waals surface area contributed by atoms with Gasteiger partial charge in [0.1, 0.15) is 5.82 Å². The SMILES string of the molecule is CCCCCCc1[nH]nc(N)c1C(C)C. The Labute approximate surface area is 92.5 Å². The molecule has 0 bridgehead atoms. The number of hydrogen-bond acceptors (Lipinski definition) is 2. The molecule has 0 aliphatic carbocycles. The molecule has 0 spiro atoms. The molecule has 3 heteroatoms. The number of unbranched alkanes of at least 4 members (excludes halogenated alkanes) is 3. The molecule has 1 rings (SSSR count). The number of nitrogens with one attached hydrogen (secondary N) is 1. The fraction of sp³-hybridized carbons (Fsp3) is 0.750. The molecule has 1 aromatic rings. The zero-order valence-electron chi connectivity index (χ0n) is 10.1. The maximum Gasteiger partial charge on any atom is 0.148 e. The van der Waals surface area contributed by atoms with Crippen LogP contribution in [0.2, 0.25) is 0 Å². The third kappa shape index (κ3) is 3.26. The summed E-state index contributed by atoms with van der Waals surface area (Å²) >= 11 is 0. The molecule has 0 fully saturated rings. The average molecular weight is 209 g/mol. The maximum atomic E-state index is 5.83. The van der Waals surface area contributed by atoms with Crippen molar-refractivity contribution >= 4 is 5.82 Å². The summed E-state index contributed by atoms with van der Waals surface area (Å²) in [5.41, 5.74) is 8.28. The molecule has 0 aliphatic rings. The lowest BCUT2D eigenvalue weighted by molar-refractivity contribution is 0.655. The van der Waals surface area contributed by atoms with E-state index in [9.17, 15) is 0 Å². The largest absolute Gasteiger partial charge is 0.382 e. The predicted molar refractivity (Wildman–Crippen MR) is 64.9 cm³/mol. The lowest BCUT2D eigenvalue weighted by Crippen LogP contribution is -1.98. The van der Waals surface area contributed by atoms with E-state index in [-0.39, 0.29) is 0 Å². The Balaban J connectivity index is 2.53. The van der Waals surface area contributed by atoms with Crippen LogP contribution in [0.3, 0.4) is 0 Å². The van der Waals surface area contributed by atoms with Crippen LogP contribution in [-0.2, 0) is 6.42 Å². The van der Waals surface area contributed by atoms with Gasteiger partial charge >= 0.3 is 0 Å². The molecule has 3 N–H and O–H groups in total. The Kier molecular flexibility index (Phi) is 4.66. The first-order chi connectivity index (χ1) is 7.16. The van der Waals surface area contributed by atoms with Crippen molar-refractivity contribution in [1.29, 1.82) is 0 Å². The van der Waals surface area contributed by atoms with Crippen LogP contribution in [0.5, 0.6) is 0 Å². The number of aryl methyl sites for hydroxylation is 1. The van der Waals surface area contributed by atoms with Gasteiger partial charge in [-0.15, -0.1) is 0 Å². The van der Waals surface area contributed by atoms with E-state index in [1.54, 1.807) is 0 Å². The average Bonchev–Trinajstić information content (AvgIpc) is 2.54. The number of nitrogens with two attached hydrogens (primary N) is 1. The smallest absolute Gasteiger partial charge is 0.148 e. The highest BCUT2D eigenvalue weighted by molar-refractivity contribution is 5.44.